The molecule has 2 aromatic rings. The zero-order valence-corrected chi connectivity index (χ0v) is 15.3. The number of urea groups is 1. The number of benzene rings is 1. The van der Waals surface area contributed by atoms with E-state index in [2.05, 4.69) is 15.2 Å². The second-order valence-electron chi connectivity index (χ2n) is 6.34. The van der Waals surface area contributed by atoms with Gasteiger partial charge in [0.05, 0.1) is 12.8 Å². The van der Waals surface area contributed by atoms with Gasteiger partial charge in [0.1, 0.15) is 11.4 Å². The van der Waals surface area contributed by atoms with Gasteiger partial charge in [-0.15, -0.1) is 0 Å². The van der Waals surface area contributed by atoms with Crippen molar-refractivity contribution in [3.8, 4) is 11.6 Å². The Kier molecular flexibility index (Phi) is 5.16. The van der Waals surface area contributed by atoms with Crippen LogP contribution < -0.4 is 15.0 Å². The largest absolute Gasteiger partial charge is 0.506 e. The van der Waals surface area contributed by atoms with Crippen LogP contribution in [-0.4, -0.2) is 54.3 Å². The quantitative estimate of drug-likeness (QED) is 0.884. The zero-order chi connectivity index (χ0) is 18.7. The molecule has 138 valence electrons. The minimum atomic E-state index is -0.176. The lowest BCUT2D eigenvalue weighted by atomic mass is 10.2. The van der Waals surface area contributed by atoms with Crippen LogP contribution in [0.2, 0.25) is 0 Å². The number of aryl methyl sites for hydroxylation is 2. The highest BCUT2D eigenvalue weighted by atomic mass is 16.5. The van der Waals surface area contributed by atoms with Crippen molar-refractivity contribution in [2.75, 3.05) is 43.5 Å². The summed E-state index contributed by atoms with van der Waals surface area (Å²) in [5.74, 6) is 0.672. The summed E-state index contributed by atoms with van der Waals surface area (Å²) < 4.78 is 5.28. The lowest BCUT2D eigenvalue weighted by Crippen LogP contribution is -2.50. The van der Waals surface area contributed by atoms with E-state index in [-0.39, 0.29) is 11.8 Å². The van der Waals surface area contributed by atoms with Gasteiger partial charge >= 0.3 is 6.03 Å². The fourth-order valence-corrected chi connectivity index (χ4v) is 3.00. The van der Waals surface area contributed by atoms with Gasteiger partial charge < -0.3 is 25.0 Å². The highest BCUT2D eigenvalue weighted by molar-refractivity contribution is 5.91. The van der Waals surface area contributed by atoms with Crippen molar-refractivity contribution in [3.05, 3.63) is 41.6 Å². The van der Waals surface area contributed by atoms with Crippen LogP contribution in [0.25, 0.3) is 0 Å². The first-order chi connectivity index (χ1) is 12.5. The molecule has 2 N–H and O–H groups in total. The van der Waals surface area contributed by atoms with Gasteiger partial charge in [0.2, 0.25) is 5.88 Å². The normalized spacial score (nSPS) is 14.3. The number of amides is 2. The van der Waals surface area contributed by atoms with Crippen LogP contribution in [0.3, 0.4) is 0 Å². The Bertz CT molecular complexity index is 801. The summed E-state index contributed by atoms with van der Waals surface area (Å²) in [7, 11) is 1.54. The SMILES string of the molecule is COc1nc(C)c(C)cc1NC(=O)N1CCN(c2ccccc2O)CC1. The van der Waals surface area contributed by atoms with E-state index < -0.39 is 0 Å². The van der Waals surface area contributed by atoms with E-state index in [4.69, 9.17) is 4.74 Å². The van der Waals surface area contributed by atoms with Gasteiger partial charge in [-0.2, -0.15) is 0 Å². The molecule has 1 saturated heterocycles. The number of hydrogen-bond donors (Lipinski definition) is 2. The first kappa shape index (κ1) is 17.8. The number of ether oxygens (including phenoxy) is 1. The molecular weight excluding hydrogens is 332 g/mol. The minimum Gasteiger partial charge on any atom is -0.506 e. The molecule has 7 heteroatoms. The molecule has 1 aliphatic rings. The molecule has 0 unspecified atom stereocenters. The van der Waals surface area contributed by atoms with Gasteiger partial charge in [-0.25, -0.2) is 9.78 Å². The average Bonchev–Trinajstić information content (AvgIpc) is 2.65. The zero-order valence-electron chi connectivity index (χ0n) is 15.3. The number of nitrogens with one attached hydrogen (secondary N) is 1. The third-order valence-corrected chi connectivity index (χ3v) is 4.66. The predicted molar refractivity (Wildman–Crippen MR) is 101 cm³/mol. The Balaban J connectivity index is 1.64. The lowest BCUT2D eigenvalue weighted by molar-refractivity contribution is 0.208. The molecule has 0 bridgehead atoms. The molecule has 0 saturated carbocycles. The third-order valence-electron chi connectivity index (χ3n) is 4.66. The van der Waals surface area contributed by atoms with Crippen LogP contribution in [0.4, 0.5) is 16.2 Å². The number of phenols is 1. The van der Waals surface area contributed by atoms with E-state index in [1.165, 1.54) is 7.11 Å². The fraction of sp³-hybridized carbons (Fsp3) is 0.368. The van der Waals surface area contributed by atoms with Gasteiger partial charge in [-0.1, -0.05) is 12.1 Å². The second kappa shape index (κ2) is 7.51. The van der Waals surface area contributed by atoms with Crippen molar-refractivity contribution in [2.45, 2.75) is 13.8 Å². The highest BCUT2D eigenvalue weighted by Crippen LogP contribution is 2.28. The van der Waals surface area contributed by atoms with Crippen molar-refractivity contribution >= 4 is 17.4 Å². The number of aromatic hydroxyl groups is 1. The number of anilines is 2. The molecule has 2 heterocycles. The number of nitrogens with zero attached hydrogens (tertiary/aromatic N) is 3. The first-order valence-electron chi connectivity index (χ1n) is 8.60. The van der Waals surface area contributed by atoms with E-state index in [0.717, 1.165) is 16.9 Å². The number of hydrogen-bond acceptors (Lipinski definition) is 5. The molecule has 0 atom stereocenters. The molecule has 1 aromatic carbocycles. The molecule has 3 rings (SSSR count). The number of carbonyl (C=O) groups is 1. The number of pyridine rings is 1. The summed E-state index contributed by atoms with van der Waals surface area (Å²) in [6, 6.07) is 8.95. The Morgan fingerprint density at radius 1 is 1.19 bits per heavy atom. The molecule has 2 amide bonds. The van der Waals surface area contributed by atoms with Crippen LogP contribution in [0.5, 0.6) is 11.6 Å². The fourth-order valence-electron chi connectivity index (χ4n) is 3.00. The first-order valence-corrected chi connectivity index (χ1v) is 8.60. The van der Waals surface area contributed by atoms with Crippen LogP contribution in [0.1, 0.15) is 11.3 Å². The van der Waals surface area contributed by atoms with E-state index >= 15 is 0 Å². The summed E-state index contributed by atoms with van der Waals surface area (Å²) >= 11 is 0. The predicted octanol–water partition coefficient (Wildman–Crippen LogP) is 2.77. The maximum atomic E-state index is 12.6. The lowest BCUT2D eigenvalue weighted by Gasteiger charge is -2.36. The maximum Gasteiger partial charge on any atom is 0.322 e. The monoisotopic (exact) mass is 356 g/mol. The van der Waals surface area contributed by atoms with E-state index in [9.17, 15) is 9.90 Å². The third kappa shape index (κ3) is 3.66. The number of rotatable bonds is 3. The molecule has 0 aliphatic carbocycles. The Morgan fingerprint density at radius 2 is 1.88 bits per heavy atom. The van der Waals surface area contributed by atoms with Crippen molar-refractivity contribution in [1.29, 1.82) is 0 Å². The van der Waals surface area contributed by atoms with E-state index in [0.29, 0.717) is 37.7 Å². The summed E-state index contributed by atoms with van der Waals surface area (Å²) in [6.07, 6.45) is 0. The highest BCUT2D eigenvalue weighted by Gasteiger charge is 2.23. The molecule has 26 heavy (non-hydrogen) atoms. The number of aromatic nitrogens is 1. The Labute approximate surface area is 153 Å². The van der Waals surface area contributed by atoms with Gasteiger partial charge in [-0.05, 0) is 37.6 Å². The molecule has 0 spiro atoms. The van der Waals surface area contributed by atoms with Crippen LogP contribution in [-0.2, 0) is 0 Å². The topological polar surface area (TPSA) is 77.9 Å². The standard InChI is InChI=1S/C19H24N4O3/c1-13-12-15(18(26-3)20-14(13)2)21-19(25)23-10-8-22(9-11-23)16-6-4-5-7-17(16)24/h4-7,12,24H,8-11H2,1-3H3,(H,21,25). The molecule has 1 fully saturated rings. The molecular formula is C19H24N4O3. The Morgan fingerprint density at radius 3 is 2.54 bits per heavy atom. The molecule has 1 aliphatic heterocycles. The maximum absolute atomic E-state index is 12.6. The Hall–Kier alpha value is -2.96. The average molecular weight is 356 g/mol. The summed E-state index contributed by atoms with van der Waals surface area (Å²) in [6.45, 7) is 6.31. The molecule has 7 nitrogen and oxygen atoms in total. The number of carbonyl (C=O) groups excluding carboxylic acids is 1. The van der Waals surface area contributed by atoms with Crippen molar-refractivity contribution < 1.29 is 14.6 Å². The molecule has 0 radical (unpaired) electrons. The second-order valence-corrected chi connectivity index (χ2v) is 6.34. The van der Waals surface area contributed by atoms with Crippen LogP contribution in [0.15, 0.2) is 30.3 Å². The van der Waals surface area contributed by atoms with Crippen LogP contribution in [0, 0.1) is 13.8 Å². The number of phenolic OH excluding ortho intramolecular Hbond substituents is 1. The van der Waals surface area contributed by atoms with Crippen molar-refractivity contribution in [3.63, 3.8) is 0 Å². The van der Waals surface area contributed by atoms with Gasteiger partial charge in [0, 0.05) is 31.9 Å². The van der Waals surface area contributed by atoms with E-state index in [1.54, 1.807) is 17.0 Å². The molecule has 1 aromatic heterocycles. The van der Waals surface area contributed by atoms with Crippen molar-refractivity contribution in [1.82, 2.24) is 9.88 Å². The van der Waals surface area contributed by atoms with E-state index in [1.807, 2.05) is 32.0 Å². The van der Waals surface area contributed by atoms with Crippen LogP contribution >= 0.6 is 0 Å². The van der Waals surface area contributed by atoms with Gasteiger partial charge in [-0.3, -0.25) is 0 Å². The van der Waals surface area contributed by atoms with Gasteiger partial charge in [0.15, 0.2) is 0 Å². The summed E-state index contributed by atoms with van der Waals surface area (Å²) in [4.78, 5) is 20.8. The van der Waals surface area contributed by atoms with Crippen molar-refractivity contribution in [2.24, 2.45) is 0 Å². The number of piperazine rings is 1. The number of para-hydroxylation sites is 2. The number of methoxy groups -OCH3 is 1. The summed E-state index contributed by atoms with van der Waals surface area (Å²) in [5.41, 5.74) is 3.23. The van der Waals surface area contributed by atoms with Gasteiger partial charge in [0.25, 0.3) is 0 Å². The summed E-state index contributed by atoms with van der Waals surface area (Å²) in [5, 5.41) is 12.9. The minimum absolute atomic E-state index is 0.176. The smallest absolute Gasteiger partial charge is 0.322 e.